The Bertz CT molecular complexity index is 2120. The quantitative estimate of drug-likeness (QED) is 0.122. The third-order valence-corrected chi connectivity index (χ3v) is 10.3. The van der Waals surface area contributed by atoms with Crippen molar-refractivity contribution in [3.05, 3.63) is 84.1 Å². The number of hydrogen-bond donors (Lipinski definition) is 1. The van der Waals surface area contributed by atoms with Gasteiger partial charge in [-0.2, -0.15) is 9.97 Å². The van der Waals surface area contributed by atoms with E-state index in [9.17, 15) is 18.7 Å². The van der Waals surface area contributed by atoms with Crippen LogP contribution >= 0.6 is 0 Å². The molecule has 0 unspecified atom stereocenters. The Morgan fingerprint density at radius 3 is 2.48 bits per heavy atom. The van der Waals surface area contributed by atoms with E-state index in [4.69, 9.17) is 14.5 Å². The van der Waals surface area contributed by atoms with Gasteiger partial charge in [-0.3, -0.25) is 14.7 Å². The van der Waals surface area contributed by atoms with E-state index in [-0.39, 0.29) is 70.2 Å². The maximum absolute atomic E-state index is 16.7. The van der Waals surface area contributed by atoms with Gasteiger partial charge < -0.3 is 19.5 Å². The highest BCUT2D eigenvalue weighted by Crippen LogP contribution is 2.40. The molecule has 0 saturated carbocycles. The molecule has 2 atom stereocenters. The molecule has 258 valence electrons. The number of aromatic nitrogens is 3. The lowest BCUT2D eigenvalue weighted by Crippen LogP contribution is -2.48. The van der Waals surface area contributed by atoms with Crippen molar-refractivity contribution >= 4 is 33.5 Å². The van der Waals surface area contributed by atoms with Gasteiger partial charge in [-0.05, 0) is 68.8 Å². The number of ether oxygens (including phenoxy) is 2. The van der Waals surface area contributed by atoms with E-state index in [0.717, 1.165) is 57.0 Å². The van der Waals surface area contributed by atoms with Gasteiger partial charge in [0.05, 0.1) is 22.9 Å². The Labute approximate surface area is 284 Å². The number of nitrogens with zero attached hydrogens (tertiary/aromatic N) is 5. The van der Waals surface area contributed by atoms with Gasteiger partial charge in [0.2, 0.25) is 0 Å². The standard InChI is InChI=1S/C37H33F4N5O4/c38-26-10-9-22(17-28(26)40)50-35(48)23-11-16-45(19-29(23)47)34-25-18-42-32(24-7-1-5-21-6-2-8-27(39)30(21)24)31(41)33(25)43-36(44-34)49-20-37-12-3-14-46(37)15-4-13-37/h1-2,5-10,17-18,23,29,47H,3-4,11-16,19-20H2/t23-,29+/m1/s1. The number of pyridine rings is 1. The molecule has 8 rings (SSSR count). The molecule has 3 aromatic carbocycles. The van der Waals surface area contributed by atoms with Crippen molar-refractivity contribution < 1.29 is 36.9 Å². The van der Waals surface area contributed by atoms with Crippen LogP contribution in [0.1, 0.15) is 32.1 Å². The number of hydrogen-bond acceptors (Lipinski definition) is 9. The van der Waals surface area contributed by atoms with Crippen molar-refractivity contribution in [3.8, 4) is 23.0 Å². The van der Waals surface area contributed by atoms with E-state index in [1.165, 1.54) is 12.3 Å². The summed E-state index contributed by atoms with van der Waals surface area (Å²) in [6, 6.07) is 12.4. The van der Waals surface area contributed by atoms with Gasteiger partial charge in [0.1, 0.15) is 35.2 Å². The monoisotopic (exact) mass is 687 g/mol. The summed E-state index contributed by atoms with van der Waals surface area (Å²) in [5, 5.41) is 12.2. The van der Waals surface area contributed by atoms with Crippen LogP contribution < -0.4 is 14.4 Å². The van der Waals surface area contributed by atoms with Crippen LogP contribution in [-0.2, 0) is 4.79 Å². The second kappa shape index (κ2) is 12.8. The predicted molar refractivity (Wildman–Crippen MR) is 177 cm³/mol. The predicted octanol–water partition coefficient (Wildman–Crippen LogP) is 6.20. The van der Waals surface area contributed by atoms with Crippen LogP contribution in [0, 0.1) is 29.2 Å². The second-order valence-electron chi connectivity index (χ2n) is 13.3. The maximum atomic E-state index is 16.7. The van der Waals surface area contributed by atoms with Gasteiger partial charge in [-0.1, -0.05) is 30.3 Å². The number of piperidine rings is 1. The van der Waals surface area contributed by atoms with Crippen LogP contribution in [0.25, 0.3) is 32.9 Å². The molecule has 3 aliphatic heterocycles. The molecule has 3 saturated heterocycles. The Balaban J connectivity index is 1.14. The molecule has 3 aliphatic rings. The zero-order valence-electron chi connectivity index (χ0n) is 26.9. The number of anilines is 1. The van der Waals surface area contributed by atoms with Gasteiger partial charge >= 0.3 is 12.0 Å². The van der Waals surface area contributed by atoms with E-state index >= 15 is 8.78 Å². The largest absolute Gasteiger partial charge is 0.461 e. The van der Waals surface area contributed by atoms with Gasteiger partial charge in [0, 0.05) is 36.3 Å². The lowest BCUT2D eigenvalue weighted by atomic mass is 9.93. The molecule has 1 N–H and O–H groups in total. The van der Waals surface area contributed by atoms with E-state index < -0.39 is 41.3 Å². The highest BCUT2D eigenvalue weighted by Gasteiger charge is 2.45. The number of β-amino-alcohol motifs (C(OH)–C–C–N with tert-alkyl or cyclic N) is 1. The Hall–Kier alpha value is -4.88. The molecular weight excluding hydrogens is 654 g/mol. The first-order valence-electron chi connectivity index (χ1n) is 16.7. The van der Waals surface area contributed by atoms with E-state index in [1.807, 2.05) is 0 Å². The number of carbonyl (C=O) groups is 1. The molecule has 5 heterocycles. The van der Waals surface area contributed by atoms with Crippen molar-refractivity contribution in [2.45, 2.75) is 43.7 Å². The maximum Gasteiger partial charge on any atom is 0.319 e. The molecule has 9 nitrogen and oxygen atoms in total. The van der Waals surface area contributed by atoms with Crippen LogP contribution in [0.2, 0.25) is 0 Å². The average Bonchev–Trinajstić information content (AvgIpc) is 3.70. The van der Waals surface area contributed by atoms with Crippen LogP contribution in [0.4, 0.5) is 23.4 Å². The summed E-state index contributed by atoms with van der Waals surface area (Å²) in [4.78, 5) is 30.8. The average molecular weight is 688 g/mol. The fourth-order valence-corrected chi connectivity index (χ4v) is 7.80. The molecule has 3 fully saturated rings. The van der Waals surface area contributed by atoms with Gasteiger partial charge in [-0.25, -0.2) is 17.6 Å². The molecular formula is C37H33F4N5O4. The third kappa shape index (κ3) is 5.67. The highest BCUT2D eigenvalue weighted by molar-refractivity contribution is 5.99. The number of rotatable bonds is 7. The van der Waals surface area contributed by atoms with Gasteiger partial charge in [0.25, 0.3) is 0 Å². The summed E-state index contributed by atoms with van der Waals surface area (Å²) in [5.74, 6) is -5.23. The van der Waals surface area contributed by atoms with Crippen molar-refractivity contribution in [2.75, 3.05) is 37.7 Å². The number of fused-ring (bicyclic) bond motifs is 3. The first-order valence-corrected chi connectivity index (χ1v) is 16.7. The minimum atomic E-state index is -1.24. The first kappa shape index (κ1) is 32.3. The van der Waals surface area contributed by atoms with Crippen LogP contribution in [0.3, 0.4) is 0 Å². The van der Waals surface area contributed by atoms with E-state index in [0.29, 0.717) is 12.0 Å². The number of halogens is 4. The zero-order chi connectivity index (χ0) is 34.6. The molecule has 0 radical (unpaired) electrons. The van der Waals surface area contributed by atoms with Crippen molar-refractivity contribution in [2.24, 2.45) is 5.92 Å². The molecule has 50 heavy (non-hydrogen) atoms. The molecule has 13 heteroatoms. The summed E-state index contributed by atoms with van der Waals surface area (Å²) in [6.07, 6.45) is 4.37. The number of carbonyl (C=O) groups excluding carboxylic acids is 1. The second-order valence-corrected chi connectivity index (χ2v) is 13.3. The molecule has 0 aliphatic carbocycles. The Morgan fingerprint density at radius 2 is 1.72 bits per heavy atom. The lowest BCUT2D eigenvalue weighted by Gasteiger charge is -2.36. The number of aliphatic hydroxyl groups excluding tert-OH is 1. The molecule has 5 aromatic rings. The summed E-state index contributed by atoms with van der Waals surface area (Å²) in [5.41, 5.74) is -0.0305. The van der Waals surface area contributed by atoms with Crippen molar-refractivity contribution in [3.63, 3.8) is 0 Å². The summed E-state index contributed by atoms with van der Waals surface area (Å²) < 4.78 is 70.4. The number of aliphatic hydroxyl groups is 1. The number of esters is 1. The third-order valence-electron chi connectivity index (χ3n) is 10.3. The fraction of sp³-hybridized carbons (Fsp3) is 0.351. The SMILES string of the molecule is O=C(Oc1ccc(F)c(F)c1)[C@@H]1CCN(c2nc(OCC34CCCN3CCC4)nc3c(F)c(-c4cccc5cccc(F)c45)ncc23)C[C@@H]1O. The highest BCUT2D eigenvalue weighted by atomic mass is 19.2. The van der Waals surface area contributed by atoms with Crippen molar-refractivity contribution in [1.82, 2.24) is 19.9 Å². The Morgan fingerprint density at radius 1 is 0.940 bits per heavy atom. The molecule has 0 bridgehead atoms. The number of benzene rings is 3. The molecule has 2 aromatic heterocycles. The van der Waals surface area contributed by atoms with Crippen LogP contribution in [-0.4, -0.2) is 75.4 Å². The zero-order valence-corrected chi connectivity index (χ0v) is 26.9. The smallest absolute Gasteiger partial charge is 0.319 e. The summed E-state index contributed by atoms with van der Waals surface area (Å²) >= 11 is 0. The fourth-order valence-electron chi connectivity index (χ4n) is 7.80. The van der Waals surface area contributed by atoms with Crippen LogP contribution in [0.5, 0.6) is 11.8 Å². The molecule has 0 amide bonds. The van der Waals surface area contributed by atoms with Gasteiger partial charge in [-0.15, -0.1) is 0 Å². The first-order chi connectivity index (χ1) is 24.2. The summed E-state index contributed by atoms with van der Waals surface area (Å²) in [6.45, 7) is 2.43. The minimum Gasteiger partial charge on any atom is -0.461 e. The lowest BCUT2D eigenvalue weighted by molar-refractivity contribution is -0.143. The normalized spacial score (nSPS) is 20.4. The topological polar surface area (TPSA) is 101 Å². The van der Waals surface area contributed by atoms with E-state index in [2.05, 4.69) is 14.9 Å². The summed E-state index contributed by atoms with van der Waals surface area (Å²) in [7, 11) is 0. The van der Waals surface area contributed by atoms with Crippen LogP contribution in [0.15, 0.2) is 60.8 Å². The van der Waals surface area contributed by atoms with Gasteiger partial charge in [0.15, 0.2) is 17.5 Å². The molecule has 0 spiro atoms. The Kier molecular flexibility index (Phi) is 8.26. The minimum absolute atomic E-state index is 0.0462. The van der Waals surface area contributed by atoms with Crippen molar-refractivity contribution in [1.29, 1.82) is 0 Å². The van der Waals surface area contributed by atoms with E-state index in [1.54, 1.807) is 35.2 Å².